The minimum Gasteiger partial charge on any atom is -0.484 e. The Hall–Kier alpha value is -2.90. The lowest BCUT2D eigenvalue weighted by Gasteiger charge is -2.17. The van der Waals surface area contributed by atoms with Crippen molar-refractivity contribution in [2.75, 3.05) is 23.4 Å². The van der Waals surface area contributed by atoms with Crippen molar-refractivity contribution >= 4 is 45.6 Å². The van der Waals surface area contributed by atoms with Crippen LogP contribution in [0.15, 0.2) is 42.5 Å². The Morgan fingerprint density at radius 2 is 2.00 bits per heavy atom. The number of anilines is 2. The number of thiazole rings is 1. The summed E-state index contributed by atoms with van der Waals surface area (Å²) in [5, 5.41) is 3.95. The standard InChI is InChI=1S/C24H24ClN3O3S/c1-3-4-22(30)28-12-11-16-13-17(5-10-20(16)28)23-15(2)32-24(27-23)26-21(29)14-31-19-8-6-18(25)7-9-19/h5-10,13H,3-4,11-12,14H2,1-2H3,(H,26,27,29). The summed E-state index contributed by atoms with van der Waals surface area (Å²) in [6, 6.07) is 12.9. The van der Waals surface area contributed by atoms with E-state index in [0.29, 0.717) is 22.3 Å². The van der Waals surface area contributed by atoms with Crippen molar-refractivity contribution in [1.29, 1.82) is 0 Å². The maximum absolute atomic E-state index is 12.3. The van der Waals surface area contributed by atoms with E-state index in [1.54, 1.807) is 24.3 Å². The molecule has 0 atom stereocenters. The van der Waals surface area contributed by atoms with E-state index in [-0.39, 0.29) is 18.4 Å². The molecule has 2 heterocycles. The Bertz CT molecular complexity index is 1140. The van der Waals surface area contributed by atoms with Crippen LogP contribution in [0.2, 0.25) is 5.02 Å². The van der Waals surface area contributed by atoms with Gasteiger partial charge in [0.2, 0.25) is 5.91 Å². The first-order chi connectivity index (χ1) is 15.4. The number of hydrogen-bond donors (Lipinski definition) is 1. The molecule has 4 rings (SSSR count). The number of halogens is 1. The predicted molar refractivity (Wildman–Crippen MR) is 129 cm³/mol. The molecule has 0 fully saturated rings. The van der Waals surface area contributed by atoms with Gasteiger partial charge in [0.05, 0.1) is 5.69 Å². The highest BCUT2D eigenvalue weighted by Crippen LogP contribution is 2.36. The molecule has 1 aromatic heterocycles. The quantitative estimate of drug-likeness (QED) is 0.497. The number of hydrogen-bond acceptors (Lipinski definition) is 5. The molecule has 6 nitrogen and oxygen atoms in total. The zero-order valence-corrected chi connectivity index (χ0v) is 19.6. The Balaban J connectivity index is 1.43. The Morgan fingerprint density at radius 1 is 1.22 bits per heavy atom. The van der Waals surface area contributed by atoms with Crippen LogP contribution in [0.3, 0.4) is 0 Å². The summed E-state index contributed by atoms with van der Waals surface area (Å²) in [7, 11) is 0. The van der Waals surface area contributed by atoms with Gasteiger partial charge in [0.25, 0.3) is 5.91 Å². The largest absolute Gasteiger partial charge is 0.484 e. The van der Waals surface area contributed by atoms with Gasteiger partial charge in [-0.1, -0.05) is 24.6 Å². The average molecular weight is 470 g/mol. The van der Waals surface area contributed by atoms with Crippen molar-refractivity contribution in [1.82, 2.24) is 4.98 Å². The van der Waals surface area contributed by atoms with E-state index in [4.69, 9.17) is 16.3 Å². The second-order valence-electron chi connectivity index (χ2n) is 7.60. The smallest absolute Gasteiger partial charge is 0.264 e. The fraction of sp³-hybridized carbons (Fsp3) is 0.292. The second-order valence-corrected chi connectivity index (χ2v) is 9.24. The van der Waals surface area contributed by atoms with Gasteiger partial charge in [0.15, 0.2) is 11.7 Å². The number of carbonyl (C=O) groups excluding carboxylic acids is 2. The van der Waals surface area contributed by atoms with Crippen LogP contribution in [0.4, 0.5) is 10.8 Å². The van der Waals surface area contributed by atoms with E-state index in [1.807, 2.05) is 30.9 Å². The molecule has 1 aliphatic rings. The van der Waals surface area contributed by atoms with Crippen LogP contribution in [0.1, 0.15) is 30.2 Å². The minimum absolute atomic E-state index is 0.115. The number of nitrogens with zero attached hydrogens (tertiary/aromatic N) is 2. The summed E-state index contributed by atoms with van der Waals surface area (Å²) in [6.07, 6.45) is 2.25. The van der Waals surface area contributed by atoms with E-state index in [1.165, 1.54) is 11.3 Å². The monoisotopic (exact) mass is 469 g/mol. The van der Waals surface area contributed by atoms with Gasteiger partial charge in [-0.05, 0) is 61.7 Å². The third-order valence-corrected chi connectivity index (χ3v) is 6.38. The van der Waals surface area contributed by atoms with E-state index in [2.05, 4.69) is 16.4 Å². The topological polar surface area (TPSA) is 71.5 Å². The third kappa shape index (κ3) is 4.95. The molecule has 0 spiro atoms. The zero-order chi connectivity index (χ0) is 22.7. The summed E-state index contributed by atoms with van der Waals surface area (Å²) in [5.74, 6) is 0.471. The molecule has 32 heavy (non-hydrogen) atoms. The summed E-state index contributed by atoms with van der Waals surface area (Å²) in [5.41, 5.74) is 3.97. The molecule has 1 aliphatic heterocycles. The van der Waals surface area contributed by atoms with E-state index >= 15 is 0 Å². The van der Waals surface area contributed by atoms with Crippen LogP contribution in [0, 0.1) is 6.92 Å². The number of nitrogens with one attached hydrogen (secondary N) is 1. The number of fused-ring (bicyclic) bond motifs is 1. The van der Waals surface area contributed by atoms with Crippen LogP contribution >= 0.6 is 22.9 Å². The van der Waals surface area contributed by atoms with Gasteiger partial charge >= 0.3 is 0 Å². The molecule has 0 aliphatic carbocycles. The van der Waals surface area contributed by atoms with E-state index < -0.39 is 0 Å². The maximum Gasteiger partial charge on any atom is 0.264 e. The van der Waals surface area contributed by atoms with Crippen molar-refractivity contribution in [3.8, 4) is 17.0 Å². The number of ether oxygens (including phenoxy) is 1. The molecule has 0 unspecified atom stereocenters. The molecular weight excluding hydrogens is 446 g/mol. The van der Waals surface area contributed by atoms with Gasteiger partial charge in [-0.2, -0.15) is 0 Å². The molecule has 0 saturated heterocycles. The third-order valence-electron chi connectivity index (χ3n) is 5.24. The molecule has 0 saturated carbocycles. The van der Waals surface area contributed by atoms with Gasteiger partial charge in [-0.3, -0.25) is 14.9 Å². The zero-order valence-electron chi connectivity index (χ0n) is 18.0. The first-order valence-electron chi connectivity index (χ1n) is 10.5. The van der Waals surface area contributed by atoms with Gasteiger partial charge in [-0.15, -0.1) is 11.3 Å². The first kappa shape index (κ1) is 22.3. The van der Waals surface area contributed by atoms with Crippen LogP contribution in [0.5, 0.6) is 5.75 Å². The average Bonchev–Trinajstić information content (AvgIpc) is 3.36. The van der Waals surface area contributed by atoms with Crippen LogP contribution in [-0.2, 0) is 16.0 Å². The lowest BCUT2D eigenvalue weighted by atomic mass is 10.1. The molecular formula is C24H24ClN3O3S. The highest BCUT2D eigenvalue weighted by molar-refractivity contribution is 7.16. The summed E-state index contributed by atoms with van der Waals surface area (Å²) < 4.78 is 5.49. The number of rotatable bonds is 7. The van der Waals surface area contributed by atoms with Crippen molar-refractivity contribution in [2.24, 2.45) is 0 Å². The molecule has 2 aromatic carbocycles. The lowest BCUT2D eigenvalue weighted by molar-refractivity contribution is -0.119. The Morgan fingerprint density at radius 3 is 2.75 bits per heavy atom. The predicted octanol–water partition coefficient (Wildman–Crippen LogP) is 5.48. The molecule has 8 heteroatoms. The van der Waals surface area contributed by atoms with E-state index in [0.717, 1.165) is 46.8 Å². The highest BCUT2D eigenvalue weighted by Gasteiger charge is 2.25. The lowest BCUT2D eigenvalue weighted by Crippen LogP contribution is -2.28. The molecule has 2 amide bonds. The highest BCUT2D eigenvalue weighted by atomic mass is 35.5. The maximum atomic E-state index is 12.3. The fourth-order valence-electron chi connectivity index (χ4n) is 3.71. The molecule has 1 N–H and O–H groups in total. The van der Waals surface area contributed by atoms with Gasteiger partial charge in [0.1, 0.15) is 5.75 Å². The SMILES string of the molecule is CCCC(=O)N1CCc2cc(-c3nc(NC(=O)COc4ccc(Cl)cc4)sc3C)ccc21. The molecule has 0 bridgehead atoms. The Kier molecular flexibility index (Phi) is 6.77. The Labute approximate surface area is 196 Å². The van der Waals surface area contributed by atoms with Crippen LogP contribution in [0.25, 0.3) is 11.3 Å². The van der Waals surface area contributed by atoms with Crippen LogP contribution < -0.4 is 15.0 Å². The van der Waals surface area contributed by atoms with Crippen molar-refractivity contribution < 1.29 is 14.3 Å². The van der Waals surface area contributed by atoms with Crippen molar-refractivity contribution in [3.05, 3.63) is 57.9 Å². The minimum atomic E-state index is -0.278. The number of amides is 2. The molecule has 166 valence electrons. The number of carbonyl (C=O) groups is 2. The molecule has 0 radical (unpaired) electrons. The number of aryl methyl sites for hydroxylation is 1. The van der Waals surface area contributed by atoms with Crippen LogP contribution in [-0.4, -0.2) is 29.9 Å². The fourth-order valence-corrected chi connectivity index (χ4v) is 4.69. The van der Waals surface area contributed by atoms with Crippen molar-refractivity contribution in [2.45, 2.75) is 33.1 Å². The molecule has 3 aromatic rings. The van der Waals surface area contributed by atoms with Gasteiger partial charge in [0, 0.05) is 34.1 Å². The van der Waals surface area contributed by atoms with Gasteiger partial charge in [-0.25, -0.2) is 4.98 Å². The summed E-state index contributed by atoms with van der Waals surface area (Å²) in [4.78, 5) is 32.1. The first-order valence-corrected chi connectivity index (χ1v) is 11.7. The van der Waals surface area contributed by atoms with Gasteiger partial charge < -0.3 is 9.64 Å². The number of aromatic nitrogens is 1. The van der Waals surface area contributed by atoms with E-state index in [9.17, 15) is 9.59 Å². The van der Waals surface area contributed by atoms with Crippen molar-refractivity contribution in [3.63, 3.8) is 0 Å². The summed E-state index contributed by atoms with van der Waals surface area (Å²) >= 11 is 7.28. The normalized spacial score (nSPS) is 12.5. The summed E-state index contributed by atoms with van der Waals surface area (Å²) in [6.45, 7) is 4.61. The second kappa shape index (κ2) is 9.71. The number of benzene rings is 2.